The van der Waals surface area contributed by atoms with Crippen LogP contribution >= 0.6 is 0 Å². The van der Waals surface area contributed by atoms with Crippen molar-refractivity contribution in [2.45, 2.75) is 64.8 Å². The molecule has 178 valence electrons. The molecule has 6 rings (SSSR count). The van der Waals surface area contributed by atoms with Crippen LogP contribution in [0.25, 0.3) is 5.57 Å². The number of allylic oxidation sites excluding steroid dienone is 3. The Hall–Kier alpha value is -2.76. The largest absolute Gasteiger partial charge is 0.335 e. The molecule has 0 saturated heterocycles. The number of urea groups is 1. The van der Waals surface area contributed by atoms with Crippen molar-refractivity contribution in [2.75, 3.05) is 6.54 Å². The topological polar surface area (TPSA) is 70.5 Å². The lowest BCUT2D eigenvalue weighted by Crippen LogP contribution is -2.52. The second kappa shape index (κ2) is 8.17. The zero-order valence-corrected chi connectivity index (χ0v) is 20.3. The second-order valence-corrected chi connectivity index (χ2v) is 11.4. The molecule has 0 radical (unpaired) electrons. The number of carbonyl (C=O) groups excluding carboxylic acids is 1. The first-order chi connectivity index (χ1) is 16.5. The Labute approximate surface area is 202 Å². The third-order valence-corrected chi connectivity index (χ3v) is 9.86. The molecule has 6 heteroatoms. The van der Waals surface area contributed by atoms with E-state index in [2.05, 4.69) is 46.3 Å². The number of amides is 2. The summed E-state index contributed by atoms with van der Waals surface area (Å²) in [6, 6.07) is 0.218. The lowest BCUT2D eigenvalue weighted by Gasteiger charge is -2.58. The van der Waals surface area contributed by atoms with Crippen LogP contribution in [0.4, 0.5) is 4.79 Å². The fourth-order valence-electron chi connectivity index (χ4n) is 8.02. The number of hydrogen-bond donors (Lipinski definition) is 1. The van der Waals surface area contributed by atoms with Gasteiger partial charge in [-0.2, -0.15) is 0 Å². The van der Waals surface area contributed by atoms with E-state index < -0.39 is 0 Å². The Morgan fingerprint density at radius 2 is 1.88 bits per heavy atom. The van der Waals surface area contributed by atoms with Crippen molar-refractivity contribution in [3.8, 4) is 0 Å². The highest BCUT2D eigenvalue weighted by atomic mass is 16.2. The van der Waals surface area contributed by atoms with Crippen LogP contribution in [0.3, 0.4) is 0 Å². The van der Waals surface area contributed by atoms with Gasteiger partial charge in [-0.25, -0.2) is 14.8 Å². The first-order valence-electron chi connectivity index (χ1n) is 12.9. The minimum atomic E-state index is -0.00632. The molecule has 1 aromatic rings. The summed E-state index contributed by atoms with van der Waals surface area (Å²) in [5.74, 6) is 2.17. The maximum atomic E-state index is 12.7. The molecule has 5 aliphatic rings. The standard InChI is InChI=1S/C28H35N5O/c1-27-9-7-21(32-26(34)33-13-11-29-12-14-33)15-20(27)3-4-22-24-6-5-23(19-16-30-18-31-17-19)28(24,2)10-8-25(22)27/h3,5,11-13,16-18,21-22,24-25H,4,6-10,14-15H2,1-2H3,(H,32,34)/t21-,22?,24?,25?,27-,28+/m0/s1. The Morgan fingerprint density at radius 3 is 2.68 bits per heavy atom. The first kappa shape index (κ1) is 21.8. The van der Waals surface area contributed by atoms with Crippen molar-refractivity contribution in [1.82, 2.24) is 20.2 Å². The lowest BCUT2D eigenvalue weighted by atomic mass is 9.47. The Balaban J connectivity index is 1.18. The molecule has 1 N–H and O–H groups in total. The van der Waals surface area contributed by atoms with Crippen LogP contribution in [0.2, 0.25) is 0 Å². The van der Waals surface area contributed by atoms with Gasteiger partial charge in [-0.05, 0) is 79.1 Å². The van der Waals surface area contributed by atoms with Gasteiger partial charge in [-0.15, -0.1) is 0 Å². The van der Waals surface area contributed by atoms with Gasteiger partial charge in [0.1, 0.15) is 6.33 Å². The highest BCUT2D eigenvalue weighted by Crippen LogP contribution is 2.66. The predicted octanol–water partition coefficient (Wildman–Crippen LogP) is 5.37. The molecule has 0 bridgehead atoms. The Morgan fingerprint density at radius 1 is 1.06 bits per heavy atom. The molecule has 34 heavy (non-hydrogen) atoms. The summed E-state index contributed by atoms with van der Waals surface area (Å²) in [6.07, 6.45) is 23.9. The fourth-order valence-corrected chi connectivity index (χ4v) is 8.02. The molecule has 6 atom stereocenters. The summed E-state index contributed by atoms with van der Waals surface area (Å²) in [4.78, 5) is 27.1. The van der Waals surface area contributed by atoms with E-state index in [0.29, 0.717) is 12.5 Å². The van der Waals surface area contributed by atoms with Gasteiger partial charge in [0.15, 0.2) is 0 Å². The zero-order valence-electron chi connectivity index (χ0n) is 20.3. The molecule has 0 spiro atoms. The minimum Gasteiger partial charge on any atom is -0.335 e. The van der Waals surface area contributed by atoms with E-state index in [0.717, 1.165) is 24.7 Å². The third kappa shape index (κ3) is 3.37. The number of nitrogens with one attached hydrogen (secondary N) is 1. The van der Waals surface area contributed by atoms with Gasteiger partial charge in [0.05, 0.1) is 6.54 Å². The molecule has 2 heterocycles. The van der Waals surface area contributed by atoms with Crippen molar-refractivity contribution >= 4 is 17.8 Å². The normalized spacial score (nSPS) is 38.4. The Kier molecular flexibility index (Phi) is 5.23. The van der Waals surface area contributed by atoms with E-state index in [1.807, 2.05) is 12.4 Å². The van der Waals surface area contributed by atoms with Gasteiger partial charge in [0, 0.05) is 42.6 Å². The number of aromatic nitrogens is 2. The average molecular weight is 458 g/mol. The van der Waals surface area contributed by atoms with Crippen LogP contribution in [-0.2, 0) is 0 Å². The summed E-state index contributed by atoms with van der Waals surface area (Å²) < 4.78 is 0. The van der Waals surface area contributed by atoms with Crippen LogP contribution in [0.15, 0.2) is 53.8 Å². The first-order valence-corrected chi connectivity index (χ1v) is 12.9. The van der Waals surface area contributed by atoms with E-state index in [9.17, 15) is 4.79 Å². The minimum absolute atomic E-state index is 0.00632. The van der Waals surface area contributed by atoms with Gasteiger partial charge in [0.2, 0.25) is 0 Å². The molecule has 2 fully saturated rings. The number of rotatable bonds is 2. The molecule has 2 saturated carbocycles. The van der Waals surface area contributed by atoms with Crippen LogP contribution < -0.4 is 5.32 Å². The quantitative estimate of drug-likeness (QED) is 0.607. The maximum Gasteiger partial charge on any atom is 0.322 e. The molecular formula is C28H35N5O. The number of fused-ring (bicyclic) bond motifs is 5. The lowest BCUT2D eigenvalue weighted by molar-refractivity contribution is -0.0121. The number of aliphatic imine (C=N–C) groups is 1. The average Bonchev–Trinajstić information content (AvgIpc) is 3.22. The van der Waals surface area contributed by atoms with Crippen LogP contribution in [-0.4, -0.2) is 39.7 Å². The van der Waals surface area contributed by atoms with E-state index in [1.165, 1.54) is 43.2 Å². The summed E-state index contributed by atoms with van der Waals surface area (Å²) in [6.45, 7) is 5.56. The van der Waals surface area contributed by atoms with Crippen molar-refractivity contribution in [3.05, 3.63) is 54.4 Å². The van der Waals surface area contributed by atoms with Gasteiger partial charge in [0.25, 0.3) is 0 Å². The monoisotopic (exact) mass is 457 g/mol. The molecule has 1 aliphatic heterocycles. The number of hydrogen-bond acceptors (Lipinski definition) is 4. The Bertz CT molecular complexity index is 1090. The molecule has 2 amide bonds. The van der Waals surface area contributed by atoms with Gasteiger partial charge in [-0.1, -0.05) is 31.6 Å². The second-order valence-electron chi connectivity index (χ2n) is 11.4. The molecule has 1 aromatic heterocycles. The highest BCUT2D eigenvalue weighted by molar-refractivity contribution is 5.80. The molecule has 4 aliphatic carbocycles. The van der Waals surface area contributed by atoms with E-state index in [1.54, 1.807) is 35.4 Å². The summed E-state index contributed by atoms with van der Waals surface area (Å²) in [5, 5.41) is 3.29. The molecule has 3 unspecified atom stereocenters. The fraction of sp³-hybridized carbons (Fsp3) is 0.571. The highest BCUT2D eigenvalue weighted by Gasteiger charge is 2.56. The van der Waals surface area contributed by atoms with Crippen LogP contribution in [0, 0.1) is 28.6 Å². The molecular weight excluding hydrogens is 422 g/mol. The molecule has 6 nitrogen and oxygen atoms in total. The van der Waals surface area contributed by atoms with E-state index in [4.69, 9.17) is 0 Å². The maximum absolute atomic E-state index is 12.7. The van der Waals surface area contributed by atoms with Crippen molar-refractivity contribution in [1.29, 1.82) is 0 Å². The third-order valence-electron chi connectivity index (χ3n) is 9.86. The van der Waals surface area contributed by atoms with E-state index >= 15 is 0 Å². The van der Waals surface area contributed by atoms with E-state index in [-0.39, 0.29) is 22.9 Å². The van der Waals surface area contributed by atoms with Crippen LogP contribution in [0.1, 0.15) is 64.4 Å². The predicted molar refractivity (Wildman–Crippen MR) is 134 cm³/mol. The van der Waals surface area contributed by atoms with Gasteiger partial charge in [-0.3, -0.25) is 9.89 Å². The number of carbonyl (C=O) groups is 1. The van der Waals surface area contributed by atoms with Crippen LogP contribution in [0.5, 0.6) is 0 Å². The zero-order chi connectivity index (χ0) is 23.3. The van der Waals surface area contributed by atoms with Crippen molar-refractivity contribution in [3.63, 3.8) is 0 Å². The van der Waals surface area contributed by atoms with Gasteiger partial charge < -0.3 is 5.32 Å². The SMILES string of the molecule is C[C@]12CC[C@H](NC(=O)N3C=CN=CC3)CC1=CCC1C2CC[C@]2(C)C(c3cncnc3)=CCC12. The smallest absolute Gasteiger partial charge is 0.322 e. The van der Waals surface area contributed by atoms with Crippen molar-refractivity contribution in [2.24, 2.45) is 33.6 Å². The molecule has 0 aromatic carbocycles. The number of nitrogens with zero attached hydrogens (tertiary/aromatic N) is 4. The summed E-state index contributed by atoms with van der Waals surface area (Å²) in [5.41, 5.74) is 4.76. The van der Waals surface area contributed by atoms with Crippen molar-refractivity contribution < 1.29 is 4.79 Å². The summed E-state index contributed by atoms with van der Waals surface area (Å²) >= 11 is 0. The van der Waals surface area contributed by atoms with Gasteiger partial charge >= 0.3 is 6.03 Å². The summed E-state index contributed by atoms with van der Waals surface area (Å²) in [7, 11) is 0.